The Labute approximate surface area is 146 Å². The molecule has 0 spiro atoms. The fourth-order valence-corrected chi connectivity index (χ4v) is 3.21. The van der Waals surface area contributed by atoms with E-state index in [4.69, 9.17) is 0 Å². The minimum Gasteiger partial charge on any atom is -0.274 e. The molecule has 5 nitrogen and oxygen atoms in total. The number of para-hydroxylation sites is 1. The van der Waals surface area contributed by atoms with E-state index in [1.807, 2.05) is 31.2 Å². The van der Waals surface area contributed by atoms with Crippen LogP contribution in [0, 0.1) is 20.8 Å². The average molecular weight is 365 g/mol. The van der Waals surface area contributed by atoms with Gasteiger partial charge in [0, 0.05) is 5.69 Å². The van der Waals surface area contributed by atoms with Gasteiger partial charge in [-0.2, -0.15) is 13.2 Å². The van der Waals surface area contributed by atoms with E-state index in [-0.39, 0.29) is 10.9 Å². The van der Waals surface area contributed by atoms with Crippen LogP contribution in [-0.2, 0) is 6.18 Å². The highest BCUT2D eigenvalue weighted by molar-refractivity contribution is 7.99. The molecular formula is C16H14F3N5S. The van der Waals surface area contributed by atoms with Gasteiger partial charge in [0.15, 0.2) is 5.16 Å². The van der Waals surface area contributed by atoms with Crippen molar-refractivity contribution >= 4 is 11.8 Å². The maximum atomic E-state index is 13.0. The van der Waals surface area contributed by atoms with E-state index in [2.05, 4.69) is 20.2 Å². The Balaban J connectivity index is 2.04. The standard InChI is InChI=1S/C16H14F3N5S/c1-9-6-4-5-7-12(9)24-11(3)22-23-15(24)25-14-20-10(2)8-13(21-14)16(17,18)19/h4-8H,1-3H3. The highest BCUT2D eigenvalue weighted by atomic mass is 32.2. The molecule has 9 heteroatoms. The molecule has 0 bridgehead atoms. The molecule has 0 saturated carbocycles. The zero-order valence-corrected chi connectivity index (χ0v) is 14.5. The van der Waals surface area contributed by atoms with Crippen molar-refractivity contribution in [2.75, 3.05) is 0 Å². The molecular weight excluding hydrogens is 351 g/mol. The van der Waals surface area contributed by atoms with Crippen LogP contribution in [0.1, 0.15) is 22.8 Å². The highest BCUT2D eigenvalue weighted by Gasteiger charge is 2.33. The first kappa shape index (κ1) is 17.4. The smallest absolute Gasteiger partial charge is 0.274 e. The number of benzene rings is 1. The molecule has 0 radical (unpaired) electrons. The molecule has 0 fully saturated rings. The molecule has 3 rings (SSSR count). The largest absolute Gasteiger partial charge is 0.433 e. The number of aromatic nitrogens is 5. The Morgan fingerprint density at radius 1 is 1.00 bits per heavy atom. The molecule has 0 aliphatic heterocycles. The van der Waals surface area contributed by atoms with Gasteiger partial charge in [-0.3, -0.25) is 4.57 Å². The fourth-order valence-electron chi connectivity index (χ4n) is 2.31. The van der Waals surface area contributed by atoms with Crippen LogP contribution in [0.25, 0.3) is 5.69 Å². The third-order valence-corrected chi connectivity index (χ3v) is 4.27. The molecule has 0 atom stereocenters. The lowest BCUT2D eigenvalue weighted by Crippen LogP contribution is -2.10. The van der Waals surface area contributed by atoms with Crippen LogP contribution >= 0.6 is 11.8 Å². The summed E-state index contributed by atoms with van der Waals surface area (Å²) in [6.07, 6.45) is -4.53. The van der Waals surface area contributed by atoms with Gasteiger partial charge in [0.2, 0.25) is 5.16 Å². The van der Waals surface area contributed by atoms with Crippen molar-refractivity contribution in [2.45, 2.75) is 37.3 Å². The van der Waals surface area contributed by atoms with Gasteiger partial charge in [-0.15, -0.1) is 10.2 Å². The number of halogens is 3. The minimum atomic E-state index is -4.53. The Kier molecular flexibility index (Phi) is 4.51. The van der Waals surface area contributed by atoms with Gasteiger partial charge in [-0.25, -0.2) is 9.97 Å². The predicted molar refractivity (Wildman–Crippen MR) is 86.7 cm³/mol. The summed E-state index contributed by atoms with van der Waals surface area (Å²) < 4.78 is 40.6. The normalized spacial score (nSPS) is 11.8. The van der Waals surface area contributed by atoms with Crippen LogP contribution in [0.15, 0.2) is 40.6 Å². The quantitative estimate of drug-likeness (QED) is 0.653. The van der Waals surface area contributed by atoms with Gasteiger partial charge in [-0.1, -0.05) is 18.2 Å². The average Bonchev–Trinajstić information content (AvgIpc) is 2.87. The summed E-state index contributed by atoms with van der Waals surface area (Å²) in [5.41, 5.74) is 1.12. The van der Waals surface area contributed by atoms with Crippen LogP contribution < -0.4 is 0 Å². The summed E-state index contributed by atoms with van der Waals surface area (Å²) in [6.45, 7) is 5.22. The summed E-state index contributed by atoms with van der Waals surface area (Å²) in [4.78, 5) is 7.69. The Hall–Kier alpha value is -2.42. The van der Waals surface area contributed by atoms with E-state index in [1.54, 1.807) is 11.5 Å². The van der Waals surface area contributed by atoms with Gasteiger partial charge in [0.25, 0.3) is 0 Å². The molecule has 0 N–H and O–H groups in total. The van der Waals surface area contributed by atoms with Crippen molar-refractivity contribution in [3.8, 4) is 5.69 Å². The molecule has 1 aromatic carbocycles. The molecule has 25 heavy (non-hydrogen) atoms. The van der Waals surface area contributed by atoms with Gasteiger partial charge >= 0.3 is 6.18 Å². The molecule has 0 unspecified atom stereocenters. The van der Waals surface area contributed by atoms with Gasteiger partial charge in [0.1, 0.15) is 11.5 Å². The second-order valence-corrected chi connectivity index (χ2v) is 6.36. The van der Waals surface area contributed by atoms with Crippen molar-refractivity contribution in [3.63, 3.8) is 0 Å². The SMILES string of the molecule is Cc1cc(C(F)(F)F)nc(Sc2nnc(C)n2-c2ccccc2C)n1. The second kappa shape index (κ2) is 6.47. The van der Waals surface area contributed by atoms with E-state index < -0.39 is 11.9 Å². The molecule has 0 amide bonds. The third-order valence-electron chi connectivity index (χ3n) is 3.46. The molecule has 2 heterocycles. The third kappa shape index (κ3) is 3.65. The lowest BCUT2D eigenvalue weighted by atomic mass is 10.2. The first-order valence-electron chi connectivity index (χ1n) is 7.34. The maximum Gasteiger partial charge on any atom is 0.433 e. The van der Waals surface area contributed by atoms with Crippen molar-refractivity contribution in [1.29, 1.82) is 0 Å². The van der Waals surface area contributed by atoms with Crippen LogP contribution in [-0.4, -0.2) is 24.7 Å². The van der Waals surface area contributed by atoms with Crippen LogP contribution in [0.5, 0.6) is 0 Å². The summed E-state index contributed by atoms with van der Waals surface area (Å²) >= 11 is 0.950. The monoisotopic (exact) mass is 365 g/mol. The van der Waals surface area contributed by atoms with E-state index in [0.29, 0.717) is 11.0 Å². The lowest BCUT2D eigenvalue weighted by Gasteiger charge is -2.11. The maximum absolute atomic E-state index is 13.0. The van der Waals surface area contributed by atoms with Gasteiger partial charge < -0.3 is 0 Å². The number of hydrogen-bond acceptors (Lipinski definition) is 5. The zero-order chi connectivity index (χ0) is 18.2. The molecule has 3 aromatic rings. The lowest BCUT2D eigenvalue weighted by molar-refractivity contribution is -0.141. The number of nitrogens with zero attached hydrogens (tertiary/aromatic N) is 5. The summed E-state index contributed by atoms with van der Waals surface area (Å²) in [6, 6.07) is 8.54. The number of alkyl halides is 3. The van der Waals surface area contributed by atoms with Crippen molar-refractivity contribution in [1.82, 2.24) is 24.7 Å². The molecule has 130 valence electrons. The topological polar surface area (TPSA) is 56.5 Å². The second-order valence-electron chi connectivity index (χ2n) is 5.43. The first-order valence-corrected chi connectivity index (χ1v) is 8.16. The first-order chi connectivity index (χ1) is 11.8. The van der Waals surface area contributed by atoms with Crippen LogP contribution in [0.3, 0.4) is 0 Å². The van der Waals surface area contributed by atoms with E-state index in [1.165, 1.54) is 6.92 Å². The predicted octanol–water partition coefficient (Wildman–Crippen LogP) is 4.15. The summed E-state index contributed by atoms with van der Waals surface area (Å²) in [5.74, 6) is 0.625. The van der Waals surface area contributed by atoms with Crippen molar-refractivity contribution in [3.05, 3.63) is 53.1 Å². The van der Waals surface area contributed by atoms with Gasteiger partial charge in [-0.05, 0) is 50.2 Å². The highest BCUT2D eigenvalue weighted by Crippen LogP contribution is 2.32. The summed E-state index contributed by atoms with van der Waals surface area (Å²) in [7, 11) is 0. The zero-order valence-electron chi connectivity index (χ0n) is 13.7. The molecule has 2 aromatic heterocycles. The Bertz CT molecular complexity index is 920. The fraction of sp³-hybridized carbons (Fsp3) is 0.250. The minimum absolute atomic E-state index is 0.0189. The number of aryl methyl sites for hydroxylation is 3. The number of rotatable bonds is 3. The number of hydrogen-bond donors (Lipinski definition) is 0. The van der Waals surface area contributed by atoms with Crippen LogP contribution in [0.4, 0.5) is 13.2 Å². The van der Waals surface area contributed by atoms with E-state index in [9.17, 15) is 13.2 Å². The molecule has 0 saturated heterocycles. The Morgan fingerprint density at radius 2 is 1.72 bits per heavy atom. The summed E-state index contributed by atoms with van der Waals surface area (Å²) in [5, 5.41) is 8.49. The van der Waals surface area contributed by atoms with E-state index in [0.717, 1.165) is 29.1 Å². The van der Waals surface area contributed by atoms with Crippen molar-refractivity contribution < 1.29 is 13.2 Å². The van der Waals surface area contributed by atoms with Gasteiger partial charge in [0.05, 0.1) is 5.69 Å². The van der Waals surface area contributed by atoms with E-state index >= 15 is 0 Å². The molecule has 0 aliphatic rings. The van der Waals surface area contributed by atoms with Crippen molar-refractivity contribution in [2.24, 2.45) is 0 Å². The molecule has 0 aliphatic carbocycles. The van der Waals surface area contributed by atoms with Crippen LogP contribution in [0.2, 0.25) is 0 Å². The Morgan fingerprint density at radius 3 is 2.40 bits per heavy atom.